The van der Waals surface area contributed by atoms with Gasteiger partial charge in [-0.3, -0.25) is 19.6 Å². The van der Waals surface area contributed by atoms with Gasteiger partial charge in [-0.15, -0.1) is 0 Å². The van der Waals surface area contributed by atoms with Gasteiger partial charge < -0.3 is 9.80 Å². The lowest BCUT2D eigenvalue weighted by Gasteiger charge is -2.43. The zero-order valence-electron chi connectivity index (χ0n) is 13.8. The maximum Gasteiger partial charge on any atom is 0.272 e. The Balaban J connectivity index is 1.75. The number of pyridine rings is 2. The van der Waals surface area contributed by atoms with Crippen LogP contribution in [0.25, 0.3) is 0 Å². The van der Waals surface area contributed by atoms with E-state index in [0.717, 1.165) is 0 Å². The molecule has 2 aromatic heterocycles. The van der Waals surface area contributed by atoms with Gasteiger partial charge >= 0.3 is 0 Å². The van der Waals surface area contributed by atoms with Crippen LogP contribution in [0.2, 0.25) is 0 Å². The molecule has 0 aliphatic carbocycles. The van der Waals surface area contributed by atoms with E-state index in [0.29, 0.717) is 24.5 Å². The first kappa shape index (κ1) is 16.1. The highest BCUT2D eigenvalue weighted by molar-refractivity contribution is 5.94. The molecule has 124 valence electrons. The van der Waals surface area contributed by atoms with Crippen LogP contribution < -0.4 is 0 Å². The van der Waals surface area contributed by atoms with Gasteiger partial charge in [-0.05, 0) is 38.1 Å². The van der Waals surface area contributed by atoms with Crippen LogP contribution >= 0.6 is 0 Å². The number of amides is 2. The van der Waals surface area contributed by atoms with Crippen molar-refractivity contribution in [1.29, 1.82) is 0 Å². The van der Waals surface area contributed by atoms with Crippen molar-refractivity contribution in [3.8, 4) is 0 Å². The highest BCUT2D eigenvalue weighted by Crippen LogP contribution is 2.19. The van der Waals surface area contributed by atoms with Gasteiger partial charge in [-0.25, -0.2) is 0 Å². The van der Waals surface area contributed by atoms with Crippen LogP contribution in [0, 0.1) is 0 Å². The maximum atomic E-state index is 12.6. The lowest BCUT2D eigenvalue weighted by molar-refractivity contribution is 0.0264. The van der Waals surface area contributed by atoms with E-state index in [1.54, 1.807) is 58.6 Å². The van der Waals surface area contributed by atoms with Gasteiger partial charge in [0.1, 0.15) is 11.4 Å². The summed E-state index contributed by atoms with van der Waals surface area (Å²) in [6, 6.07) is 10.4. The molecule has 6 heteroatoms. The largest absolute Gasteiger partial charge is 0.331 e. The van der Waals surface area contributed by atoms with Crippen molar-refractivity contribution < 1.29 is 9.59 Å². The smallest absolute Gasteiger partial charge is 0.272 e. The van der Waals surface area contributed by atoms with Crippen molar-refractivity contribution in [3.05, 3.63) is 60.2 Å². The van der Waals surface area contributed by atoms with Crippen LogP contribution in [0.4, 0.5) is 0 Å². The molecule has 1 aliphatic heterocycles. The molecule has 6 nitrogen and oxygen atoms in total. The van der Waals surface area contributed by atoms with E-state index in [4.69, 9.17) is 0 Å². The number of hydrogen-bond acceptors (Lipinski definition) is 4. The molecule has 0 saturated carbocycles. The average molecular weight is 324 g/mol. The van der Waals surface area contributed by atoms with E-state index in [9.17, 15) is 9.59 Å². The Bertz CT molecular complexity index is 657. The van der Waals surface area contributed by atoms with Crippen LogP contribution in [0.5, 0.6) is 0 Å². The third-order valence-electron chi connectivity index (χ3n) is 4.28. The van der Waals surface area contributed by atoms with Gasteiger partial charge in [0.05, 0.1) is 0 Å². The summed E-state index contributed by atoms with van der Waals surface area (Å²) in [7, 11) is 0. The Morgan fingerprint density at radius 2 is 1.25 bits per heavy atom. The molecule has 24 heavy (non-hydrogen) atoms. The summed E-state index contributed by atoms with van der Waals surface area (Å²) < 4.78 is 0. The van der Waals surface area contributed by atoms with Crippen molar-refractivity contribution in [3.63, 3.8) is 0 Å². The number of aromatic nitrogens is 2. The highest BCUT2D eigenvalue weighted by atomic mass is 16.2. The first-order chi connectivity index (χ1) is 11.6. The topological polar surface area (TPSA) is 66.4 Å². The number of nitrogens with zero attached hydrogens (tertiary/aromatic N) is 4. The fourth-order valence-electron chi connectivity index (χ4n) is 2.97. The van der Waals surface area contributed by atoms with E-state index in [1.165, 1.54) is 0 Å². The van der Waals surface area contributed by atoms with Gasteiger partial charge in [0.15, 0.2) is 0 Å². The Labute approximate surface area is 141 Å². The van der Waals surface area contributed by atoms with Gasteiger partial charge in [-0.2, -0.15) is 0 Å². The molecule has 0 unspecified atom stereocenters. The third-order valence-corrected chi connectivity index (χ3v) is 4.28. The molecular weight excluding hydrogens is 304 g/mol. The minimum atomic E-state index is -0.0973. The minimum Gasteiger partial charge on any atom is -0.331 e. The first-order valence-corrected chi connectivity index (χ1v) is 8.02. The Kier molecular flexibility index (Phi) is 4.55. The molecular formula is C18H20N4O2. The number of piperazine rings is 1. The second-order valence-electron chi connectivity index (χ2n) is 6.04. The molecule has 0 bridgehead atoms. The average Bonchev–Trinajstić information content (AvgIpc) is 2.63. The maximum absolute atomic E-state index is 12.6. The monoisotopic (exact) mass is 324 g/mol. The predicted octanol–water partition coefficient (Wildman–Crippen LogP) is 1.85. The molecule has 2 atom stereocenters. The number of rotatable bonds is 2. The summed E-state index contributed by atoms with van der Waals surface area (Å²) in [4.78, 5) is 37.1. The van der Waals surface area contributed by atoms with Crippen LogP contribution in [0.1, 0.15) is 34.8 Å². The van der Waals surface area contributed by atoms with Crippen LogP contribution in [-0.2, 0) is 0 Å². The summed E-state index contributed by atoms with van der Waals surface area (Å²) in [5.41, 5.74) is 0.863. The molecule has 3 rings (SSSR count). The Morgan fingerprint density at radius 3 is 1.58 bits per heavy atom. The SMILES string of the molecule is C[C@H]1CN(C(=O)c2ccccn2)[C@@H](C)CN1C(=O)c1ccccn1. The molecule has 0 radical (unpaired) electrons. The van der Waals surface area contributed by atoms with E-state index >= 15 is 0 Å². The quantitative estimate of drug-likeness (QED) is 0.845. The molecule has 0 aromatic carbocycles. The molecule has 0 N–H and O–H groups in total. The minimum absolute atomic E-state index is 0.0802. The molecule has 1 fully saturated rings. The van der Waals surface area contributed by atoms with E-state index in [1.807, 2.05) is 13.8 Å². The number of hydrogen-bond donors (Lipinski definition) is 0. The van der Waals surface area contributed by atoms with Crippen molar-refractivity contribution >= 4 is 11.8 Å². The van der Waals surface area contributed by atoms with Gasteiger partial charge in [0.25, 0.3) is 11.8 Å². The van der Waals surface area contributed by atoms with Crippen molar-refractivity contribution in [2.75, 3.05) is 13.1 Å². The van der Waals surface area contributed by atoms with Crippen LogP contribution in [-0.4, -0.2) is 56.8 Å². The summed E-state index contributed by atoms with van der Waals surface area (Å²) in [6.45, 7) is 4.86. The fourth-order valence-corrected chi connectivity index (χ4v) is 2.97. The molecule has 1 aliphatic rings. The number of carbonyl (C=O) groups is 2. The van der Waals surface area contributed by atoms with Crippen molar-refractivity contribution in [1.82, 2.24) is 19.8 Å². The lowest BCUT2D eigenvalue weighted by Crippen LogP contribution is -2.59. The molecule has 1 saturated heterocycles. The summed E-state index contributed by atoms with van der Waals surface area (Å²) in [6.07, 6.45) is 3.23. The molecule has 2 amide bonds. The van der Waals surface area contributed by atoms with Crippen molar-refractivity contribution in [2.45, 2.75) is 25.9 Å². The highest BCUT2D eigenvalue weighted by Gasteiger charge is 2.35. The summed E-state index contributed by atoms with van der Waals surface area (Å²) >= 11 is 0. The molecule has 2 aromatic rings. The van der Waals surface area contributed by atoms with Crippen LogP contribution in [0.15, 0.2) is 48.8 Å². The first-order valence-electron chi connectivity index (χ1n) is 8.02. The van der Waals surface area contributed by atoms with E-state index < -0.39 is 0 Å². The van der Waals surface area contributed by atoms with E-state index in [2.05, 4.69) is 9.97 Å². The second kappa shape index (κ2) is 6.78. The van der Waals surface area contributed by atoms with E-state index in [-0.39, 0.29) is 23.9 Å². The summed E-state index contributed by atoms with van der Waals surface area (Å²) in [5, 5.41) is 0. The van der Waals surface area contributed by atoms with Crippen molar-refractivity contribution in [2.24, 2.45) is 0 Å². The third kappa shape index (κ3) is 3.13. The summed E-state index contributed by atoms with van der Waals surface area (Å²) in [5.74, 6) is -0.195. The zero-order chi connectivity index (χ0) is 17.1. The zero-order valence-corrected chi connectivity index (χ0v) is 13.8. The Morgan fingerprint density at radius 1 is 0.833 bits per heavy atom. The standard InChI is InChI=1S/C18H20N4O2/c1-13-11-22(18(24)16-8-4-6-10-20-16)14(2)12-21(13)17(23)15-7-3-5-9-19-15/h3-10,13-14H,11-12H2,1-2H3/t13-,14-/m0/s1. The van der Waals surface area contributed by atoms with Gasteiger partial charge in [-0.1, -0.05) is 12.1 Å². The normalized spacial score (nSPS) is 20.8. The second-order valence-corrected chi connectivity index (χ2v) is 6.04. The van der Waals surface area contributed by atoms with Crippen LogP contribution in [0.3, 0.4) is 0 Å². The Hall–Kier alpha value is -2.76. The van der Waals surface area contributed by atoms with Gasteiger partial charge in [0.2, 0.25) is 0 Å². The molecule has 0 spiro atoms. The number of carbonyl (C=O) groups excluding carboxylic acids is 2. The lowest BCUT2D eigenvalue weighted by atomic mass is 10.1. The fraction of sp³-hybridized carbons (Fsp3) is 0.333. The van der Waals surface area contributed by atoms with Gasteiger partial charge in [0, 0.05) is 37.6 Å². The predicted molar refractivity (Wildman–Crippen MR) is 89.5 cm³/mol. The molecule has 3 heterocycles.